The molecular weight excluding hydrogens is 374 g/mol. The summed E-state index contributed by atoms with van der Waals surface area (Å²) in [6, 6.07) is 12.1. The molecule has 24 heavy (non-hydrogen) atoms. The van der Waals surface area contributed by atoms with Gasteiger partial charge in [-0.05, 0) is 48.5 Å². The van der Waals surface area contributed by atoms with Crippen LogP contribution in [0.2, 0.25) is 0 Å². The highest BCUT2D eigenvalue weighted by atomic mass is 79.9. The summed E-state index contributed by atoms with van der Waals surface area (Å²) >= 11 is 3.40. The van der Waals surface area contributed by atoms with Crippen LogP contribution in [0.25, 0.3) is 6.08 Å². The molecule has 0 aromatic heterocycles. The van der Waals surface area contributed by atoms with Gasteiger partial charge in [-0.2, -0.15) is 0 Å². The number of methoxy groups -OCH3 is 1. The van der Waals surface area contributed by atoms with Gasteiger partial charge in [-0.25, -0.2) is 4.79 Å². The van der Waals surface area contributed by atoms with E-state index >= 15 is 0 Å². The number of fused-ring (bicyclic) bond motifs is 1. The van der Waals surface area contributed by atoms with Gasteiger partial charge in [0.2, 0.25) is 0 Å². The summed E-state index contributed by atoms with van der Waals surface area (Å²) in [7, 11) is 1.32. The van der Waals surface area contributed by atoms with Crippen molar-refractivity contribution in [2.45, 2.75) is 0 Å². The van der Waals surface area contributed by atoms with Crippen LogP contribution in [0, 0.1) is 0 Å². The van der Waals surface area contributed by atoms with Crippen molar-refractivity contribution in [2.24, 2.45) is 0 Å². The number of nitrogens with one attached hydrogen (secondary N) is 1. The number of hydrogen-bond acceptors (Lipinski definition) is 4. The lowest BCUT2D eigenvalue weighted by Crippen LogP contribution is -2.21. The third-order valence-electron chi connectivity index (χ3n) is 3.54. The average Bonchev–Trinajstić information content (AvgIpc) is 2.61. The highest BCUT2D eigenvalue weighted by Crippen LogP contribution is 2.29. The van der Waals surface area contributed by atoms with Gasteiger partial charge in [0, 0.05) is 15.7 Å². The molecule has 5 nitrogen and oxygen atoms in total. The molecule has 3 rings (SSSR count). The maximum absolute atomic E-state index is 12.4. The number of ether oxygens (including phenoxy) is 2. The van der Waals surface area contributed by atoms with E-state index < -0.39 is 5.97 Å². The van der Waals surface area contributed by atoms with Gasteiger partial charge in [-0.15, -0.1) is 0 Å². The third kappa shape index (κ3) is 3.49. The Morgan fingerprint density at radius 2 is 1.92 bits per heavy atom. The van der Waals surface area contributed by atoms with Crippen LogP contribution in [0.4, 0.5) is 5.69 Å². The molecule has 6 heteroatoms. The summed E-state index contributed by atoms with van der Waals surface area (Å²) in [6.45, 7) is 0.209. The maximum atomic E-state index is 12.4. The summed E-state index contributed by atoms with van der Waals surface area (Å²) in [4.78, 5) is 23.8. The van der Waals surface area contributed by atoms with Crippen LogP contribution in [-0.2, 0) is 9.53 Å². The molecule has 0 atom stereocenters. The van der Waals surface area contributed by atoms with Crippen molar-refractivity contribution >= 4 is 39.6 Å². The zero-order valence-electron chi connectivity index (χ0n) is 12.8. The van der Waals surface area contributed by atoms with E-state index in [1.807, 2.05) is 24.3 Å². The molecule has 2 aromatic carbocycles. The monoisotopic (exact) mass is 387 g/mol. The summed E-state index contributed by atoms with van der Waals surface area (Å²) < 4.78 is 11.2. The predicted molar refractivity (Wildman–Crippen MR) is 94.0 cm³/mol. The number of hydrogen-bond donors (Lipinski definition) is 1. The lowest BCUT2D eigenvalue weighted by Gasteiger charge is -2.18. The maximum Gasteiger partial charge on any atom is 0.337 e. The lowest BCUT2D eigenvalue weighted by molar-refractivity contribution is -0.113. The van der Waals surface area contributed by atoms with Crippen molar-refractivity contribution in [2.75, 3.05) is 19.0 Å². The summed E-state index contributed by atoms with van der Waals surface area (Å²) in [5.74, 6) is 0.0853. The van der Waals surface area contributed by atoms with Crippen LogP contribution in [0.1, 0.15) is 15.9 Å². The number of amides is 1. The van der Waals surface area contributed by atoms with Crippen LogP contribution in [0.3, 0.4) is 0 Å². The Balaban J connectivity index is 1.74. The molecule has 1 N–H and O–H groups in total. The molecule has 0 unspecified atom stereocenters. The highest BCUT2D eigenvalue weighted by molar-refractivity contribution is 9.10. The Hall–Kier alpha value is -2.60. The van der Waals surface area contributed by atoms with E-state index in [0.717, 1.165) is 15.8 Å². The molecular formula is C18H14BrNO4. The van der Waals surface area contributed by atoms with E-state index in [2.05, 4.69) is 26.0 Å². The number of carbonyl (C=O) groups is 2. The second-order valence-electron chi connectivity index (χ2n) is 5.16. The number of carbonyl (C=O) groups excluding carboxylic acids is 2. The first-order valence-electron chi connectivity index (χ1n) is 7.19. The Morgan fingerprint density at radius 3 is 2.62 bits per heavy atom. The Labute approximate surface area is 147 Å². The second kappa shape index (κ2) is 6.88. The van der Waals surface area contributed by atoms with Gasteiger partial charge < -0.3 is 14.8 Å². The molecule has 0 radical (unpaired) electrons. The molecule has 1 heterocycles. The van der Waals surface area contributed by atoms with Crippen molar-refractivity contribution < 1.29 is 19.1 Å². The first-order chi connectivity index (χ1) is 11.6. The molecule has 0 saturated heterocycles. The van der Waals surface area contributed by atoms with Gasteiger partial charge >= 0.3 is 5.97 Å². The molecule has 0 spiro atoms. The fourth-order valence-corrected chi connectivity index (χ4v) is 2.68. The largest absolute Gasteiger partial charge is 0.488 e. The lowest BCUT2D eigenvalue weighted by atomic mass is 10.1. The van der Waals surface area contributed by atoms with E-state index in [1.54, 1.807) is 24.3 Å². The van der Waals surface area contributed by atoms with E-state index in [9.17, 15) is 9.59 Å². The SMILES string of the molecule is COC(=O)c1ccc(NC(=O)C2=Cc3cc(Br)ccc3OC2)cc1. The van der Waals surface area contributed by atoms with Crippen molar-refractivity contribution in [1.29, 1.82) is 0 Å². The van der Waals surface area contributed by atoms with Gasteiger partial charge in [0.1, 0.15) is 12.4 Å². The van der Waals surface area contributed by atoms with Crippen molar-refractivity contribution in [3.8, 4) is 5.75 Å². The molecule has 1 aliphatic heterocycles. The number of esters is 1. The van der Waals surface area contributed by atoms with Crippen LogP contribution >= 0.6 is 15.9 Å². The van der Waals surface area contributed by atoms with Crippen LogP contribution in [-0.4, -0.2) is 25.6 Å². The van der Waals surface area contributed by atoms with Crippen molar-refractivity contribution in [3.05, 3.63) is 63.6 Å². The molecule has 0 fully saturated rings. The normalized spacial score (nSPS) is 12.5. The molecule has 0 saturated carbocycles. The Kier molecular flexibility index (Phi) is 4.66. The number of benzene rings is 2. The van der Waals surface area contributed by atoms with Gasteiger partial charge in [0.25, 0.3) is 5.91 Å². The molecule has 1 aliphatic rings. The van der Waals surface area contributed by atoms with E-state index in [4.69, 9.17) is 4.74 Å². The summed E-state index contributed by atoms with van der Waals surface area (Å²) in [6.07, 6.45) is 1.81. The first kappa shape index (κ1) is 16.3. The van der Waals surface area contributed by atoms with Crippen LogP contribution in [0.15, 0.2) is 52.5 Å². The summed E-state index contributed by atoms with van der Waals surface area (Å²) in [5.41, 5.74) is 2.39. The quantitative estimate of drug-likeness (QED) is 0.816. The molecule has 2 aromatic rings. The van der Waals surface area contributed by atoms with Gasteiger partial charge in [-0.3, -0.25) is 4.79 Å². The minimum atomic E-state index is -0.418. The fraction of sp³-hybridized carbons (Fsp3) is 0.111. The zero-order valence-corrected chi connectivity index (χ0v) is 14.4. The number of anilines is 1. The predicted octanol–water partition coefficient (Wildman–Crippen LogP) is 3.65. The zero-order chi connectivity index (χ0) is 17.1. The first-order valence-corrected chi connectivity index (χ1v) is 7.99. The Bertz CT molecular complexity index is 827. The molecule has 0 aliphatic carbocycles. The van der Waals surface area contributed by atoms with Crippen molar-refractivity contribution in [1.82, 2.24) is 0 Å². The minimum Gasteiger partial charge on any atom is -0.488 e. The van der Waals surface area contributed by atoms with Crippen molar-refractivity contribution in [3.63, 3.8) is 0 Å². The standard InChI is InChI=1S/C18H14BrNO4/c1-23-18(22)11-2-5-15(6-3-11)20-17(21)13-8-12-9-14(19)4-7-16(12)24-10-13/h2-9H,10H2,1H3,(H,20,21). The molecule has 1 amide bonds. The fourth-order valence-electron chi connectivity index (χ4n) is 2.30. The van der Waals surface area contributed by atoms with Gasteiger partial charge in [-0.1, -0.05) is 15.9 Å². The minimum absolute atomic E-state index is 0.209. The number of halogens is 1. The topological polar surface area (TPSA) is 64.6 Å². The van der Waals surface area contributed by atoms with E-state index in [-0.39, 0.29) is 12.5 Å². The average molecular weight is 388 g/mol. The summed E-state index contributed by atoms with van der Waals surface area (Å²) in [5, 5.41) is 2.79. The third-order valence-corrected chi connectivity index (χ3v) is 4.03. The van der Waals surface area contributed by atoms with Gasteiger partial charge in [0.15, 0.2) is 0 Å². The highest BCUT2D eigenvalue weighted by Gasteiger charge is 2.17. The smallest absolute Gasteiger partial charge is 0.337 e. The molecule has 122 valence electrons. The van der Waals surface area contributed by atoms with Crippen LogP contribution in [0.5, 0.6) is 5.75 Å². The Morgan fingerprint density at radius 1 is 1.17 bits per heavy atom. The van der Waals surface area contributed by atoms with E-state index in [1.165, 1.54) is 7.11 Å². The van der Waals surface area contributed by atoms with Crippen LogP contribution < -0.4 is 10.1 Å². The number of rotatable bonds is 3. The van der Waals surface area contributed by atoms with E-state index in [0.29, 0.717) is 16.8 Å². The second-order valence-corrected chi connectivity index (χ2v) is 6.08. The van der Waals surface area contributed by atoms with Gasteiger partial charge in [0.05, 0.1) is 18.2 Å². The molecule has 0 bridgehead atoms.